The molecule has 1 aromatic rings. The van der Waals surface area contributed by atoms with Gasteiger partial charge < -0.3 is 16.8 Å². The summed E-state index contributed by atoms with van der Waals surface area (Å²) in [7, 11) is 0. The number of hydrogen-bond acceptors (Lipinski definition) is 3. The van der Waals surface area contributed by atoms with Crippen molar-refractivity contribution in [3.05, 3.63) is 42.0 Å². The Kier molecular flexibility index (Phi) is 7.30. The highest BCUT2D eigenvalue weighted by Gasteiger charge is 1.96. The Hall–Kier alpha value is -1.16. The van der Waals surface area contributed by atoms with Crippen LogP contribution in [0.1, 0.15) is 18.4 Å². The molecule has 0 aliphatic rings. The molecule has 0 amide bonds. The zero-order valence-electron chi connectivity index (χ0n) is 10.3. The van der Waals surface area contributed by atoms with Crippen molar-refractivity contribution >= 4 is 6.08 Å². The quantitative estimate of drug-likeness (QED) is 0.594. The van der Waals surface area contributed by atoms with Gasteiger partial charge in [0.25, 0.3) is 0 Å². The van der Waals surface area contributed by atoms with E-state index in [1.165, 1.54) is 5.56 Å². The van der Waals surface area contributed by atoms with Crippen molar-refractivity contribution in [2.45, 2.75) is 18.9 Å². The van der Waals surface area contributed by atoms with E-state index in [-0.39, 0.29) is 6.04 Å². The van der Waals surface area contributed by atoms with Crippen LogP contribution in [0.15, 0.2) is 36.4 Å². The van der Waals surface area contributed by atoms with Crippen LogP contribution in [0.4, 0.5) is 0 Å². The van der Waals surface area contributed by atoms with E-state index >= 15 is 0 Å². The first kappa shape index (κ1) is 13.9. The zero-order valence-corrected chi connectivity index (χ0v) is 10.3. The first-order chi connectivity index (χ1) is 8.33. The standard InChI is InChI=1S/C14H23N3/c15-10-4-11-17-12-9-14(16)8-7-13-5-2-1-3-6-13/h1-3,5-8,14,17H,4,9-12,15-16H2. The van der Waals surface area contributed by atoms with Gasteiger partial charge in [0.05, 0.1) is 0 Å². The first-order valence-electron chi connectivity index (χ1n) is 6.22. The Morgan fingerprint density at radius 3 is 2.65 bits per heavy atom. The maximum Gasteiger partial charge on any atom is 0.0239 e. The van der Waals surface area contributed by atoms with E-state index in [0.29, 0.717) is 0 Å². The molecule has 1 atom stereocenters. The fourth-order valence-electron chi connectivity index (χ4n) is 1.52. The lowest BCUT2D eigenvalue weighted by atomic mass is 10.1. The van der Waals surface area contributed by atoms with Gasteiger partial charge in [0.15, 0.2) is 0 Å². The lowest BCUT2D eigenvalue weighted by molar-refractivity contribution is 0.601. The topological polar surface area (TPSA) is 64.1 Å². The van der Waals surface area contributed by atoms with Crippen molar-refractivity contribution in [2.24, 2.45) is 11.5 Å². The van der Waals surface area contributed by atoms with Crippen molar-refractivity contribution in [3.63, 3.8) is 0 Å². The van der Waals surface area contributed by atoms with E-state index in [1.807, 2.05) is 18.2 Å². The molecular formula is C14H23N3. The zero-order chi connectivity index (χ0) is 12.3. The van der Waals surface area contributed by atoms with Crippen molar-refractivity contribution in [1.82, 2.24) is 5.32 Å². The van der Waals surface area contributed by atoms with Crippen LogP contribution in [0.2, 0.25) is 0 Å². The molecule has 0 radical (unpaired) electrons. The molecule has 0 heterocycles. The molecule has 0 aliphatic heterocycles. The predicted molar refractivity (Wildman–Crippen MR) is 74.6 cm³/mol. The smallest absolute Gasteiger partial charge is 0.0239 e. The minimum atomic E-state index is 0.112. The third-order valence-corrected chi connectivity index (χ3v) is 2.55. The third kappa shape index (κ3) is 6.89. The van der Waals surface area contributed by atoms with Gasteiger partial charge in [-0.25, -0.2) is 0 Å². The van der Waals surface area contributed by atoms with Gasteiger partial charge in [-0.2, -0.15) is 0 Å². The number of rotatable bonds is 8. The molecule has 1 aromatic carbocycles. The molecule has 0 saturated heterocycles. The molecule has 94 valence electrons. The van der Waals surface area contributed by atoms with Crippen molar-refractivity contribution in [2.75, 3.05) is 19.6 Å². The maximum absolute atomic E-state index is 5.98. The van der Waals surface area contributed by atoms with Gasteiger partial charge >= 0.3 is 0 Å². The number of benzene rings is 1. The first-order valence-corrected chi connectivity index (χ1v) is 6.22. The molecule has 1 unspecified atom stereocenters. The van der Waals surface area contributed by atoms with Crippen LogP contribution < -0.4 is 16.8 Å². The van der Waals surface area contributed by atoms with Crippen molar-refractivity contribution < 1.29 is 0 Å². The van der Waals surface area contributed by atoms with Crippen LogP contribution in [0, 0.1) is 0 Å². The summed E-state index contributed by atoms with van der Waals surface area (Å²) in [5.41, 5.74) is 12.6. The van der Waals surface area contributed by atoms with Crippen molar-refractivity contribution in [3.8, 4) is 0 Å². The molecular weight excluding hydrogens is 210 g/mol. The van der Waals surface area contributed by atoms with Crippen LogP contribution in [0.5, 0.6) is 0 Å². The summed E-state index contributed by atoms with van der Waals surface area (Å²) in [6.45, 7) is 2.67. The SMILES string of the molecule is NCCCNCCC(N)C=Cc1ccccc1. The maximum atomic E-state index is 5.98. The monoisotopic (exact) mass is 233 g/mol. The molecule has 5 N–H and O–H groups in total. The molecule has 0 saturated carbocycles. The third-order valence-electron chi connectivity index (χ3n) is 2.55. The van der Waals surface area contributed by atoms with Crippen molar-refractivity contribution in [1.29, 1.82) is 0 Å². The molecule has 1 rings (SSSR count). The molecule has 17 heavy (non-hydrogen) atoms. The van der Waals surface area contributed by atoms with Gasteiger partial charge in [-0.05, 0) is 38.0 Å². The lowest BCUT2D eigenvalue weighted by Gasteiger charge is -2.07. The second kappa shape index (κ2) is 8.93. The highest BCUT2D eigenvalue weighted by atomic mass is 14.9. The normalized spacial score (nSPS) is 13.1. The summed E-state index contributed by atoms with van der Waals surface area (Å²) in [6, 6.07) is 10.3. The highest BCUT2D eigenvalue weighted by Crippen LogP contribution is 2.02. The Bertz CT molecular complexity index is 309. The average Bonchev–Trinajstić information content (AvgIpc) is 2.37. The summed E-state index contributed by atoms with van der Waals surface area (Å²) in [5, 5.41) is 3.32. The Balaban J connectivity index is 2.16. The minimum absolute atomic E-state index is 0.112. The number of nitrogens with two attached hydrogens (primary N) is 2. The van der Waals surface area contributed by atoms with Crippen LogP contribution in [-0.2, 0) is 0 Å². The van der Waals surface area contributed by atoms with Crippen LogP contribution in [0.3, 0.4) is 0 Å². The molecule has 3 heteroatoms. The summed E-state index contributed by atoms with van der Waals surface area (Å²) >= 11 is 0. The molecule has 0 aromatic heterocycles. The summed E-state index contributed by atoms with van der Waals surface area (Å²) in [4.78, 5) is 0. The molecule has 3 nitrogen and oxygen atoms in total. The number of hydrogen-bond donors (Lipinski definition) is 3. The summed E-state index contributed by atoms with van der Waals surface area (Å²) in [6.07, 6.45) is 6.10. The largest absolute Gasteiger partial charge is 0.330 e. The second-order valence-corrected chi connectivity index (χ2v) is 4.11. The number of nitrogens with one attached hydrogen (secondary N) is 1. The van der Waals surface area contributed by atoms with E-state index in [4.69, 9.17) is 11.5 Å². The molecule has 0 aliphatic carbocycles. The van der Waals surface area contributed by atoms with E-state index in [9.17, 15) is 0 Å². The van der Waals surface area contributed by atoms with Crippen LogP contribution in [-0.4, -0.2) is 25.7 Å². The Morgan fingerprint density at radius 1 is 1.18 bits per heavy atom. The predicted octanol–water partition coefficient (Wildman–Crippen LogP) is 1.36. The Labute approximate surface area is 104 Å². The fourth-order valence-corrected chi connectivity index (χ4v) is 1.52. The molecule has 0 spiro atoms. The summed E-state index contributed by atoms with van der Waals surface area (Å²) in [5.74, 6) is 0. The Morgan fingerprint density at radius 2 is 1.94 bits per heavy atom. The van der Waals surface area contributed by atoms with Crippen LogP contribution >= 0.6 is 0 Å². The van der Waals surface area contributed by atoms with E-state index in [1.54, 1.807) is 0 Å². The van der Waals surface area contributed by atoms with E-state index in [2.05, 4.69) is 29.6 Å². The van der Waals surface area contributed by atoms with Gasteiger partial charge in [-0.3, -0.25) is 0 Å². The molecule has 0 fully saturated rings. The van der Waals surface area contributed by atoms with E-state index < -0.39 is 0 Å². The van der Waals surface area contributed by atoms with Gasteiger partial charge in [0.1, 0.15) is 0 Å². The van der Waals surface area contributed by atoms with Gasteiger partial charge in [-0.1, -0.05) is 42.5 Å². The van der Waals surface area contributed by atoms with E-state index in [0.717, 1.165) is 32.5 Å². The highest BCUT2D eigenvalue weighted by molar-refractivity contribution is 5.49. The summed E-state index contributed by atoms with van der Waals surface area (Å²) < 4.78 is 0. The van der Waals surface area contributed by atoms with Gasteiger partial charge in [-0.15, -0.1) is 0 Å². The second-order valence-electron chi connectivity index (χ2n) is 4.11. The van der Waals surface area contributed by atoms with Gasteiger partial charge in [0.2, 0.25) is 0 Å². The minimum Gasteiger partial charge on any atom is -0.330 e. The fraction of sp³-hybridized carbons (Fsp3) is 0.429. The van der Waals surface area contributed by atoms with Gasteiger partial charge in [0, 0.05) is 6.04 Å². The average molecular weight is 233 g/mol. The lowest BCUT2D eigenvalue weighted by Crippen LogP contribution is -2.26. The molecule has 0 bridgehead atoms. The van der Waals surface area contributed by atoms with Crippen LogP contribution in [0.25, 0.3) is 6.08 Å².